The first kappa shape index (κ1) is 11.8. The number of carbonyl (C=O) groups is 1. The highest BCUT2D eigenvalue weighted by Crippen LogP contribution is 2.55. The van der Waals surface area contributed by atoms with Gasteiger partial charge in [-0.3, -0.25) is 4.79 Å². The van der Waals surface area contributed by atoms with E-state index in [-0.39, 0.29) is 11.8 Å². The number of fused-ring (bicyclic) bond motifs is 1. The molecule has 2 aliphatic rings. The maximum atomic E-state index is 12.2. The summed E-state index contributed by atoms with van der Waals surface area (Å²) in [5.74, 6) is 1.57. The Morgan fingerprint density at radius 2 is 1.94 bits per heavy atom. The summed E-state index contributed by atoms with van der Waals surface area (Å²) >= 11 is 5.84. The molecule has 1 aromatic carbocycles. The number of nitrogens with two attached hydrogens (primary N) is 1. The normalized spacial score (nSPS) is 29.5. The largest absolute Gasteiger partial charge is 0.397 e. The minimum atomic E-state index is 0.126. The quantitative estimate of drug-likeness (QED) is 0.806. The van der Waals surface area contributed by atoms with Gasteiger partial charge >= 0.3 is 0 Å². The fraction of sp³-hybridized carbons (Fsp3) is 0.500. The first-order valence-corrected chi connectivity index (χ1v) is 6.90. The van der Waals surface area contributed by atoms with Gasteiger partial charge in [-0.25, -0.2) is 0 Å². The van der Waals surface area contributed by atoms with Gasteiger partial charge in [-0.15, -0.1) is 0 Å². The molecule has 0 heterocycles. The molecule has 4 heteroatoms. The van der Waals surface area contributed by atoms with E-state index in [0.717, 1.165) is 0 Å². The van der Waals surface area contributed by atoms with Crippen LogP contribution in [0.4, 0.5) is 11.4 Å². The Morgan fingerprint density at radius 1 is 1.28 bits per heavy atom. The van der Waals surface area contributed by atoms with Gasteiger partial charge in [-0.2, -0.15) is 0 Å². The molecule has 3 N–H and O–H groups in total. The first-order chi connectivity index (χ1) is 8.66. The summed E-state index contributed by atoms with van der Waals surface area (Å²) in [6, 6.07) is 5.17. The van der Waals surface area contributed by atoms with E-state index >= 15 is 0 Å². The lowest BCUT2D eigenvalue weighted by molar-refractivity contribution is -0.117. The number of nitrogens with one attached hydrogen (secondary N) is 1. The molecule has 3 nitrogen and oxygen atoms in total. The summed E-state index contributed by atoms with van der Waals surface area (Å²) in [4.78, 5) is 12.2. The van der Waals surface area contributed by atoms with Crippen LogP contribution in [0.3, 0.4) is 0 Å². The highest BCUT2D eigenvalue weighted by Gasteiger charge is 2.54. The molecule has 1 aromatic rings. The van der Waals surface area contributed by atoms with Crippen LogP contribution in [-0.2, 0) is 4.79 Å². The standard InChI is InChI=1S/C14H17ClN2O/c15-8-5-6-12(11(16)7-8)17-14(18)13-9-3-1-2-4-10(9)13/h5-7,9-10,13H,1-4,16H2,(H,17,18). The number of hydrogen-bond donors (Lipinski definition) is 2. The van der Waals surface area contributed by atoms with Crippen molar-refractivity contribution in [3.63, 3.8) is 0 Å². The van der Waals surface area contributed by atoms with Gasteiger partial charge in [0.1, 0.15) is 0 Å². The van der Waals surface area contributed by atoms with Gasteiger partial charge in [0.2, 0.25) is 5.91 Å². The van der Waals surface area contributed by atoms with Crippen LogP contribution in [-0.4, -0.2) is 5.91 Å². The van der Waals surface area contributed by atoms with E-state index in [1.54, 1.807) is 18.2 Å². The fourth-order valence-corrected chi connectivity index (χ4v) is 3.43. The van der Waals surface area contributed by atoms with Gasteiger partial charge in [-0.05, 0) is 42.9 Å². The second-order valence-electron chi connectivity index (χ2n) is 5.36. The van der Waals surface area contributed by atoms with E-state index in [9.17, 15) is 4.79 Å². The maximum Gasteiger partial charge on any atom is 0.228 e. The number of nitrogen functional groups attached to an aromatic ring is 1. The number of hydrogen-bond acceptors (Lipinski definition) is 2. The molecule has 2 atom stereocenters. The number of carbonyl (C=O) groups excluding carboxylic acids is 1. The van der Waals surface area contributed by atoms with E-state index in [0.29, 0.717) is 28.2 Å². The van der Waals surface area contributed by atoms with Crippen molar-refractivity contribution < 1.29 is 4.79 Å². The number of rotatable bonds is 2. The van der Waals surface area contributed by atoms with Crippen molar-refractivity contribution in [1.29, 1.82) is 0 Å². The lowest BCUT2D eigenvalue weighted by Crippen LogP contribution is -2.16. The lowest BCUT2D eigenvalue weighted by atomic mass is 10.0. The predicted octanol–water partition coefficient (Wildman–Crippen LogP) is 3.30. The lowest BCUT2D eigenvalue weighted by Gasteiger charge is -2.08. The van der Waals surface area contributed by atoms with E-state index in [1.165, 1.54) is 25.7 Å². The Hall–Kier alpha value is -1.22. The van der Waals surface area contributed by atoms with Crippen LogP contribution in [0.1, 0.15) is 25.7 Å². The van der Waals surface area contributed by atoms with Crippen LogP contribution in [0.15, 0.2) is 18.2 Å². The van der Waals surface area contributed by atoms with Crippen LogP contribution in [0.2, 0.25) is 5.02 Å². The van der Waals surface area contributed by atoms with Crippen LogP contribution in [0.25, 0.3) is 0 Å². The minimum Gasteiger partial charge on any atom is -0.397 e. The molecule has 0 saturated heterocycles. The summed E-state index contributed by atoms with van der Waals surface area (Å²) in [5, 5.41) is 3.52. The first-order valence-electron chi connectivity index (χ1n) is 6.52. The van der Waals surface area contributed by atoms with Crippen LogP contribution >= 0.6 is 11.6 Å². The molecule has 2 aliphatic carbocycles. The number of benzene rings is 1. The Kier molecular flexibility index (Phi) is 2.94. The van der Waals surface area contributed by atoms with Gasteiger partial charge in [0, 0.05) is 10.9 Å². The fourth-order valence-electron chi connectivity index (χ4n) is 3.24. The molecule has 1 amide bonds. The summed E-state index contributed by atoms with van der Waals surface area (Å²) in [6.45, 7) is 0. The molecule has 18 heavy (non-hydrogen) atoms. The topological polar surface area (TPSA) is 55.1 Å². The van der Waals surface area contributed by atoms with Gasteiger partial charge in [0.25, 0.3) is 0 Å². The van der Waals surface area contributed by atoms with E-state index in [1.807, 2.05) is 0 Å². The zero-order valence-corrected chi connectivity index (χ0v) is 10.9. The summed E-state index contributed by atoms with van der Waals surface area (Å²) in [6.07, 6.45) is 4.96. The van der Waals surface area contributed by atoms with Gasteiger partial charge in [-0.1, -0.05) is 24.4 Å². The van der Waals surface area contributed by atoms with E-state index in [2.05, 4.69) is 5.32 Å². The zero-order chi connectivity index (χ0) is 12.7. The average Bonchev–Trinajstić information content (AvgIpc) is 3.07. The van der Waals surface area contributed by atoms with Crippen LogP contribution in [0.5, 0.6) is 0 Å². The van der Waals surface area contributed by atoms with Crippen molar-refractivity contribution in [3.8, 4) is 0 Å². The molecular weight excluding hydrogens is 248 g/mol. The predicted molar refractivity (Wildman–Crippen MR) is 73.4 cm³/mol. The van der Waals surface area contributed by atoms with E-state index < -0.39 is 0 Å². The highest BCUT2D eigenvalue weighted by atomic mass is 35.5. The molecule has 0 bridgehead atoms. The van der Waals surface area contributed by atoms with Crippen molar-refractivity contribution in [1.82, 2.24) is 0 Å². The van der Waals surface area contributed by atoms with Gasteiger partial charge in [0.05, 0.1) is 11.4 Å². The van der Waals surface area contributed by atoms with Crippen LogP contribution in [0, 0.1) is 17.8 Å². The molecule has 3 rings (SSSR count). The minimum absolute atomic E-state index is 0.126. The van der Waals surface area contributed by atoms with Crippen molar-refractivity contribution in [2.45, 2.75) is 25.7 Å². The third-order valence-electron chi connectivity index (χ3n) is 4.23. The molecule has 2 fully saturated rings. The zero-order valence-electron chi connectivity index (χ0n) is 10.2. The third-order valence-corrected chi connectivity index (χ3v) is 4.47. The Labute approximate surface area is 112 Å². The summed E-state index contributed by atoms with van der Waals surface area (Å²) in [7, 11) is 0. The second kappa shape index (κ2) is 4.47. The Bertz CT molecular complexity index is 477. The van der Waals surface area contributed by atoms with E-state index in [4.69, 9.17) is 17.3 Å². The number of halogens is 1. The van der Waals surface area contributed by atoms with Crippen molar-refractivity contribution in [2.75, 3.05) is 11.1 Å². The molecule has 96 valence electrons. The maximum absolute atomic E-state index is 12.2. The summed E-state index contributed by atoms with van der Waals surface area (Å²) < 4.78 is 0. The second-order valence-corrected chi connectivity index (χ2v) is 5.80. The van der Waals surface area contributed by atoms with Crippen molar-refractivity contribution >= 4 is 28.9 Å². The molecule has 0 spiro atoms. The molecule has 2 saturated carbocycles. The van der Waals surface area contributed by atoms with Crippen molar-refractivity contribution in [3.05, 3.63) is 23.2 Å². The Morgan fingerprint density at radius 3 is 2.56 bits per heavy atom. The smallest absolute Gasteiger partial charge is 0.228 e. The summed E-state index contributed by atoms with van der Waals surface area (Å²) in [5.41, 5.74) is 7.04. The molecule has 0 aromatic heterocycles. The highest BCUT2D eigenvalue weighted by molar-refractivity contribution is 6.31. The Balaban J connectivity index is 1.68. The molecular formula is C14H17ClN2O. The third kappa shape index (κ3) is 2.07. The molecule has 0 aliphatic heterocycles. The SMILES string of the molecule is Nc1cc(Cl)ccc1NC(=O)C1C2CCCCC21. The van der Waals surface area contributed by atoms with Gasteiger partial charge < -0.3 is 11.1 Å². The molecule has 0 radical (unpaired) electrons. The number of anilines is 2. The van der Waals surface area contributed by atoms with Gasteiger partial charge in [0.15, 0.2) is 0 Å². The monoisotopic (exact) mass is 264 g/mol. The van der Waals surface area contributed by atoms with Crippen molar-refractivity contribution in [2.24, 2.45) is 17.8 Å². The molecule has 2 unspecified atom stereocenters. The number of amides is 1. The van der Waals surface area contributed by atoms with Crippen LogP contribution < -0.4 is 11.1 Å². The average molecular weight is 265 g/mol.